The molecule has 5 nitrogen and oxygen atoms in total. The van der Waals surface area contributed by atoms with Crippen molar-refractivity contribution in [3.05, 3.63) is 61.6 Å². The van der Waals surface area contributed by atoms with Gasteiger partial charge in [0, 0.05) is 26.4 Å². The molecule has 0 fully saturated rings. The van der Waals surface area contributed by atoms with Crippen molar-refractivity contribution in [1.82, 2.24) is 0 Å². The molecular formula is C13H7BrClNO4S. The van der Waals surface area contributed by atoms with Gasteiger partial charge in [0.15, 0.2) is 0 Å². The fraction of sp³-hybridized carbons (Fsp3) is 0. The topological polar surface area (TPSA) is 80.4 Å². The summed E-state index contributed by atoms with van der Waals surface area (Å²) in [7, 11) is 0. The van der Waals surface area contributed by atoms with Crippen molar-refractivity contribution in [2.24, 2.45) is 0 Å². The van der Waals surface area contributed by atoms with E-state index in [1.807, 2.05) is 12.1 Å². The number of nitro benzene ring substituents is 1. The summed E-state index contributed by atoms with van der Waals surface area (Å²) in [4.78, 5) is 22.4. The lowest BCUT2D eigenvalue weighted by Gasteiger charge is -2.08. The van der Waals surface area contributed by atoms with Crippen molar-refractivity contribution < 1.29 is 14.8 Å². The van der Waals surface area contributed by atoms with Gasteiger partial charge in [-0.3, -0.25) is 10.1 Å². The van der Waals surface area contributed by atoms with E-state index in [0.29, 0.717) is 0 Å². The summed E-state index contributed by atoms with van der Waals surface area (Å²) >= 11 is 10.5. The lowest BCUT2D eigenvalue weighted by Crippen LogP contribution is -2.01. The predicted molar refractivity (Wildman–Crippen MR) is 83.3 cm³/mol. The number of carboxylic acids is 1. The minimum atomic E-state index is -1.26. The highest BCUT2D eigenvalue weighted by Gasteiger charge is 2.20. The van der Waals surface area contributed by atoms with E-state index in [1.54, 1.807) is 12.1 Å². The van der Waals surface area contributed by atoms with E-state index in [4.69, 9.17) is 11.6 Å². The Hall–Kier alpha value is -1.57. The van der Waals surface area contributed by atoms with Crippen molar-refractivity contribution in [2.75, 3.05) is 0 Å². The summed E-state index contributed by atoms with van der Waals surface area (Å²) in [5.41, 5.74) is -0.542. The molecule has 2 rings (SSSR count). The smallest absolute Gasteiger partial charge is 0.337 e. The van der Waals surface area contributed by atoms with Gasteiger partial charge >= 0.3 is 5.97 Å². The molecule has 0 bridgehead atoms. The van der Waals surface area contributed by atoms with Gasteiger partial charge in [-0.1, -0.05) is 39.3 Å². The van der Waals surface area contributed by atoms with E-state index >= 15 is 0 Å². The first kappa shape index (κ1) is 15.8. The Balaban J connectivity index is 2.49. The van der Waals surface area contributed by atoms with E-state index in [1.165, 1.54) is 0 Å². The Kier molecular flexibility index (Phi) is 4.87. The van der Waals surface area contributed by atoms with Gasteiger partial charge in [0.2, 0.25) is 0 Å². The first-order valence-electron chi connectivity index (χ1n) is 5.53. The number of nitrogens with zero attached hydrogens (tertiary/aromatic N) is 1. The molecule has 108 valence electrons. The van der Waals surface area contributed by atoms with Crippen LogP contribution < -0.4 is 0 Å². The highest BCUT2D eigenvalue weighted by atomic mass is 79.9. The number of halogens is 2. The standard InChI is InChI=1S/C13H7BrClNO4S/c14-7-1-3-9(4-2-7)21-12-10(13(17)18)5-8(16(19)20)6-11(12)15/h1-6H,(H,17,18). The third-order valence-electron chi connectivity index (χ3n) is 2.50. The van der Waals surface area contributed by atoms with Crippen molar-refractivity contribution in [3.8, 4) is 0 Å². The van der Waals surface area contributed by atoms with E-state index < -0.39 is 10.9 Å². The number of hydrogen-bond acceptors (Lipinski definition) is 4. The van der Waals surface area contributed by atoms with Crippen molar-refractivity contribution in [1.29, 1.82) is 0 Å². The first-order valence-corrected chi connectivity index (χ1v) is 7.52. The number of aromatic carboxylic acids is 1. The summed E-state index contributed by atoms with van der Waals surface area (Å²) in [5.74, 6) is -1.26. The molecule has 2 aromatic carbocycles. The van der Waals surface area contributed by atoms with Crippen LogP contribution in [-0.4, -0.2) is 16.0 Å². The summed E-state index contributed by atoms with van der Waals surface area (Å²) < 4.78 is 0.889. The second-order valence-corrected chi connectivity index (χ2v) is 6.33. The highest BCUT2D eigenvalue weighted by Crippen LogP contribution is 2.38. The summed E-state index contributed by atoms with van der Waals surface area (Å²) in [6.45, 7) is 0. The number of carboxylic acid groups (broad SMARTS) is 1. The first-order chi connectivity index (χ1) is 9.88. The van der Waals surface area contributed by atoms with Crippen LogP contribution in [0.15, 0.2) is 50.7 Å². The average molecular weight is 389 g/mol. The van der Waals surface area contributed by atoms with Gasteiger partial charge in [0.1, 0.15) is 0 Å². The molecule has 8 heteroatoms. The molecule has 0 amide bonds. The molecule has 1 N–H and O–H groups in total. The molecule has 0 saturated heterocycles. The summed E-state index contributed by atoms with van der Waals surface area (Å²) in [6, 6.07) is 9.35. The highest BCUT2D eigenvalue weighted by molar-refractivity contribution is 9.10. The monoisotopic (exact) mass is 387 g/mol. The molecule has 0 saturated carbocycles. The van der Waals surface area contributed by atoms with E-state index in [0.717, 1.165) is 33.3 Å². The van der Waals surface area contributed by atoms with Gasteiger partial charge in [0.05, 0.1) is 15.5 Å². The lowest BCUT2D eigenvalue weighted by molar-refractivity contribution is -0.384. The third-order valence-corrected chi connectivity index (χ3v) is 4.59. The van der Waals surface area contributed by atoms with Crippen molar-refractivity contribution >= 4 is 50.9 Å². The third kappa shape index (κ3) is 3.75. The number of hydrogen-bond donors (Lipinski definition) is 1. The Morgan fingerprint density at radius 3 is 2.43 bits per heavy atom. The summed E-state index contributed by atoms with van der Waals surface area (Å²) in [5, 5.41) is 20.0. The minimum Gasteiger partial charge on any atom is -0.478 e. The van der Waals surface area contributed by atoms with Gasteiger partial charge in [-0.25, -0.2) is 4.79 Å². The molecule has 2 aromatic rings. The molecular weight excluding hydrogens is 382 g/mol. The fourth-order valence-corrected chi connectivity index (χ4v) is 3.08. The molecule has 0 aliphatic carbocycles. The molecule has 0 atom stereocenters. The van der Waals surface area contributed by atoms with Gasteiger partial charge in [-0.05, 0) is 24.3 Å². The molecule has 0 heterocycles. The molecule has 0 radical (unpaired) electrons. The van der Waals surface area contributed by atoms with Crippen molar-refractivity contribution in [3.63, 3.8) is 0 Å². The quantitative estimate of drug-likeness (QED) is 0.597. The fourth-order valence-electron chi connectivity index (χ4n) is 1.57. The lowest BCUT2D eigenvalue weighted by atomic mass is 10.2. The van der Waals surface area contributed by atoms with Gasteiger partial charge in [-0.2, -0.15) is 0 Å². The van der Waals surface area contributed by atoms with Crippen LogP contribution >= 0.6 is 39.3 Å². The van der Waals surface area contributed by atoms with E-state index in [9.17, 15) is 20.0 Å². The average Bonchev–Trinajstić information content (AvgIpc) is 2.42. The largest absolute Gasteiger partial charge is 0.478 e. The molecule has 0 unspecified atom stereocenters. The Bertz CT molecular complexity index is 721. The molecule has 21 heavy (non-hydrogen) atoms. The number of benzene rings is 2. The second-order valence-electron chi connectivity index (χ2n) is 3.92. The molecule has 0 aromatic heterocycles. The van der Waals surface area contributed by atoms with Crippen LogP contribution in [-0.2, 0) is 0 Å². The van der Waals surface area contributed by atoms with Gasteiger partial charge in [-0.15, -0.1) is 0 Å². The summed E-state index contributed by atoms with van der Waals surface area (Å²) in [6.07, 6.45) is 0. The zero-order chi connectivity index (χ0) is 15.6. The van der Waals surface area contributed by atoms with E-state index in [-0.39, 0.29) is 21.2 Å². The molecule has 0 aliphatic rings. The SMILES string of the molecule is O=C(O)c1cc([N+](=O)[O-])cc(Cl)c1Sc1ccc(Br)cc1. The maximum absolute atomic E-state index is 11.3. The van der Waals surface area contributed by atoms with Crippen LogP contribution in [0.3, 0.4) is 0 Å². The van der Waals surface area contributed by atoms with Crippen LogP contribution in [0.25, 0.3) is 0 Å². The maximum atomic E-state index is 11.3. The van der Waals surface area contributed by atoms with Crippen LogP contribution in [0.1, 0.15) is 10.4 Å². The number of carbonyl (C=O) groups is 1. The molecule has 0 spiro atoms. The Morgan fingerprint density at radius 2 is 1.90 bits per heavy atom. The zero-order valence-corrected chi connectivity index (χ0v) is 13.4. The van der Waals surface area contributed by atoms with Crippen LogP contribution in [0.2, 0.25) is 5.02 Å². The minimum absolute atomic E-state index is 0.0366. The zero-order valence-electron chi connectivity index (χ0n) is 10.2. The number of nitro groups is 1. The van der Waals surface area contributed by atoms with Crippen molar-refractivity contribution in [2.45, 2.75) is 9.79 Å². The maximum Gasteiger partial charge on any atom is 0.337 e. The predicted octanol–water partition coefficient (Wildman–Crippen LogP) is 4.86. The number of non-ortho nitro benzene ring substituents is 1. The van der Waals surface area contributed by atoms with Crippen LogP contribution in [0, 0.1) is 10.1 Å². The molecule has 0 aliphatic heterocycles. The van der Waals surface area contributed by atoms with Gasteiger partial charge in [0.25, 0.3) is 5.69 Å². The van der Waals surface area contributed by atoms with Crippen LogP contribution in [0.4, 0.5) is 5.69 Å². The van der Waals surface area contributed by atoms with Crippen LogP contribution in [0.5, 0.6) is 0 Å². The Morgan fingerprint density at radius 1 is 1.29 bits per heavy atom. The van der Waals surface area contributed by atoms with E-state index in [2.05, 4.69) is 15.9 Å². The Labute approximate surface area is 137 Å². The second kappa shape index (κ2) is 6.46. The van der Waals surface area contributed by atoms with Gasteiger partial charge < -0.3 is 5.11 Å². The number of rotatable bonds is 4. The normalized spacial score (nSPS) is 10.4.